The highest BCUT2D eigenvalue weighted by molar-refractivity contribution is 5.48. The number of rotatable bonds is 4. The topological polar surface area (TPSA) is 34.1 Å². The molecule has 2 heterocycles. The summed E-state index contributed by atoms with van der Waals surface area (Å²) >= 11 is 0. The Labute approximate surface area is 88.0 Å². The average molecular weight is 208 g/mol. The molecule has 1 saturated heterocycles. The highest BCUT2D eigenvalue weighted by Gasteiger charge is 2.16. The van der Waals surface area contributed by atoms with Crippen molar-refractivity contribution >= 4 is 6.08 Å². The Morgan fingerprint density at radius 3 is 3.13 bits per heavy atom. The Hall–Kier alpha value is -1.42. The van der Waals surface area contributed by atoms with Gasteiger partial charge in [-0.25, -0.2) is 4.98 Å². The molecule has 80 valence electrons. The molecule has 0 unspecified atom stereocenters. The van der Waals surface area contributed by atoms with Gasteiger partial charge in [0.25, 0.3) is 0 Å². The van der Waals surface area contributed by atoms with Gasteiger partial charge in [-0.15, -0.1) is 0 Å². The van der Waals surface area contributed by atoms with E-state index in [0.717, 1.165) is 13.0 Å². The van der Waals surface area contributed by atoms with Crippen molar-refractivity contribution in [2.45, 2.75) is 12.5 Å². The Balaban J connectivity index is 1.98. The summed E-state index contributed by atoms with van der Waals surface area (Å²) < 4.78 is 18.5. The first kappa shape index (κ1) is 10.1. The fourth-order valence-electron chi connectivity index (χ4n) is 1.35. The van der Waals surface area contributed by atoms with Crippen molar-refractivity contribution in [1.29, 1.82) is 0 Å². The molecular weight excluding hydrogens is 195 g/mol. The summed E-state index contributed by atoms with van der Waals surface area (Å²) in [6, 6.07) is 2.02. The minimum atomic E-state index is -0.515. The molecule has 0 spiro atoms. The third kappa shape index (κ3) is 2.33. The molecule has 4 heteroatoms. The van der Waals surface area contributed by atoms with E-state index in [1.165, 1.54) is 12.3 Å². The molecule has 0 saturated carbocycles. The quantitative estimate of drug-likeness (QED) is 0.763. The Kier molecular flexibility index (Phi) is 2.97. The predicted molar refractivity (Wildman–Crippen MR) is 56.2 cm³/mol. The molecule has 0 aromatic carbocycles. The first-order valence-corrected chi connectivity index (χ1v) is 4.94. The minimum absolute atomic E-state index is 0.370. The molecule has 1 aliphatic heterocycles. The molecule has 0 amide bonds. The lowest BCUT2D eigenvalue weighted by Crippen LogP contribution is -2.46. The van der Waals surface area contributed by atoms with Gasteiger partial charge in [-0.1, -0.05) is 12.7 Å². The zero-order valence-corrected chi connectivity index (χ0v) is 8.37. The SMILES string of the molecule is C=Cc1cc(OC[C@@H]2CCN2)cnc1F. The van der Waals surface area contributed by atoms with Gasteiger partial charge in [0.05, 0.1) is 6.20 Å². The first-order valence-electron chi connectivity index (χ1n) is 4.94. The van der Waals surface area contributed by atoms with E-state index in [1.807, 2.05) is 0 Å². The Bertz CT molecular complexity index is 364. The number of pyridine rings is 1. The highest BCUT2D eigenvalue weighted by Crippen LogP contribution is 2.16. The fraction of sp³-hybridized carbons (Fsp3) is 0.364. The molecule has 0 aliphatic carbocycles. The van der Waals surface area contributed by atoms with Gasteiger partial charge >= 0.3 is 0 Å². The summed E-state index contributed by atoms with van der Waals surface area (Å²) in [6.07, 6.45) is 3.95. The van der Waals surface area contributed by atoms with Crippen LogP contribution in [0.1, 0.15) is 12.0 Å². The maximum absolute atomic E-state index is 13.0. The van der Waals surface area contributed by atoms with Crippen LogP contribution in [-0.2, 0) is 0 Å². The summed E-state index contributed by atoms with van der Waals surface area (Å²) in [5, 5.41) is 3.22. The zero-order chi connectivity index (χ0) is 10.7. The van der Waals surface area contributed by atoms with Gasteiger partial charge in [-0.3, -0.25) is 0 Å². The lowest BCUT2D eigenvalue weighted by Gasteiger charge is -2.27. The van der Waals surface area contributed by atoms with E-state index >= 15 is 0 Å². The van der Waals surface area contributed by atoms with Crippen molar-refractivity contribution in [2.24, 2.45) is 0 Å². The lowest BCUT2D eigenvalue weighted by molar-refractivity contribution is 0.216. The van der Waals surface area contributed by atoms with Gasteiger partial charge in [0.2, 0.25) is 5.95 Å². The van der Waals surface area contributed by atoms with Gasteiger partial charge in [0.15, 0.2) is 0 Å². The van der Waals surface area contributed by atoms with Crippen LogP contribution in [0.3, 0.4) is 0 Å². The van der Waals surface area contributed by atoms with Crippen LogP contribution in [-0.4, -0.2) is 24.2 Å². The van der Waals surface area contributed by atoms with Gasteiger partial charge in [-0.2, -0.15) is 4.39 Å². The van der Waals surface area contributed by atoms with Crippen LogP contribution in [0.4, 0.5) is 4.39 Å². The summed E-state index contributed by atoms with van der Waals surface area (Å²) in [5.41, 5.74) is 0.370. The summed E-state index contributed by atoms with van der Waals surface area (Å²) in [7, 11) is 0. The van der Waals surface area contributed by atoms with Crippen LogP contribution in [0.5, 0.6) is 5.75 Å². The maximum Gasteiger partial charge on any atom is 0.220 e. The minimum Gasteiger partial charge on any atom is -0.490 e. The number of hydrogen-bond acceptors (Lipinski definition) is 3. The van der Waals surface area contributed by atoms with Crippen molar-refractivity contribution in [3.63, 3.8) is 0 Å². The van der Waals surface area contributed by atoms with E-state index < -0.39 is 5.95 Å². The normalized spacial score (nSPS) is 19.4. The number of ether oxygens (including phenoxy) is 1. The molecule has 15 heavy (non-hydrogen) atoms. The zero-order valence-electron chi connectivity index (χ0n) is 8.37. The summed E-state index contributed by atoms with van der Waals surface area (Å²) in [5.74, 6) is 0.0686. The third-order valence-electron chi connectivity index (χ3n) is 2.44. The molecule has 0 radical (unpaired) electrons. The van der Waals surface area contributed by atoms with E-state index in [2.05, 4.69) is 16.9 Å². The molecular formula is C11H13FN2O. The van der Waals surface area contributed by atoms with Crippen molar-refractivity contribution < 1.29 is 9.13 Å². The second-order valence-corrected chi connectivity index (χ2v) is 3.51. The highest BCUT2D eigenvalue weighted by atomic mass is 19.1. The second kappa shape index (κ2) is 4.40. The Morgan fingerprint density at radius 1 is 1.73 bits per heavy atom. The molecule has 0 bridgehead atoms. The van der Waals surface area contributed by atoms with Gasteiger partial charge in [-0.05, 0) is 19.0 Å². The first-order chi connectivity index (χ1) is 7.29. The van der Waals surface area contributed by atoms with E-state index in [1.54, 1.807) is 6.07 Å². The molecule has 3 nitrogen and oxygen atoms in total. The predicted octanol–water partition coefficient (Wildman–Crippen LogP) is 1.60. The van der Waals surface area contributed by atoms with E-state index in [9.17, 15) is 4.39 Å². The van der Waals surface area contributed by atoms with Crippen molar-refractivity contribution in [3.8, 4) is 5.75 Å². The maximum atomic E-state index is 13.0. The van der Waals surface area contributed by atoms with Crippen LogP contribution in [0.2, 0.25) is 0 Å². The monoisotopic (exact) mass is 208 g/mol. The van der Waals surface area contributed by atoms with E-state index in [0.29, 0.717) is 24.0 Å². The molecule has 1 atom stereocenters. The number of nitrogens with zero attached hydrogens (tertiary/aromatic N) is 1. The molecule has 1 N–H and O–H groups in total. The van der Waals surface area contributed by atoms with Crippen molar-refractivity contribution in [2.75, 3.05) is 13.2 Å². The van der Waals surface area contributed by atoms with Crippen LogP contribution < -0.4 is 10.1 Å². The van der Waals surface area contributed by atoms with Crippen LogP contribution >= 0.6 is 0 Å². The molecule has 1 aromatic heterocycles. The number of hydrogen-bond donors (Lipinski definition) is 1. The van der Waals surface area contributed by atoms with Gasteiger partial charge in [0, 0.05) is 11.6 Å². The fourth-order valence-corrected chi connectivity index (χ4v) is 1.35. The van der Waals surface area contributed by atoms with E-state index in [4.69, 9.17) is 4.74 Å². The van der Waals surface area contributed by atoms with Crippen molar-refractivity contribution in [1.82, 2.24) is 10.3 Å². The van der Waals surface area contributed by atoms with Crippen LogP contribution in [0, 0.1) is 5.95 Å². The van der Waals surface area contributed by atoms with Crippen LogP contribution in [0.25, 0.3) is 6.08 Å². The summed E-state index contributed by atoms with van der Waals surface area (Å²) in [4.78, 5) is 3.59. The molecule has 2 rings (SSSR count). The molecule has 1 fully saturated rings. The summed E-state index contributed by atoms with van der Waals surface area (Å²) in [6.45, 7) is 5.16. The van der Waals surface area contributed by atoms with Crippen LogP contribution in [0.15, 0.2) is 18.8 Å². The second-order valence-electron chi connectivity index (χ2n) is 3.51. The lowest BCUT2D eigenvalue weighted by atomic mass is 10.1. The number of halogens is 1. The van der Waals surface area contributed by atoms with E-state index in [-0.39, 0.29) is 0 Å². The largest absolute Gasteiger partial charge is 0.490 e. The third-order valence-corrected chi connectivity index (χ3v) is 2.44. The number of aromatic nitrogens is 1. The smallest absolute Gasteiger partial charge is 0.220 e. The standard InChI is InChI=1S/C11H13FN2O/c1-2-8-5-10(6-14-11(8)12)15-7-9-3-4-13-9/h2,5-6,9,13H,1,3-4,7H2/t9-/m0/s1. The van der Waals surface area contributed by atoms with Gasteiger partial charge in [0.1, 0.15) is 12.4 Å². The van der Waals surface area contributed by atoms with Crippen molar-refractivity contribution in [3.05, 3.63) is 30.4 Å². The Morgan fingerprint density at radius 2 is 2.53 bits per heavy atom. The van der Waals surface area contributed by atoms with Gasteiger partial charge < -0.3 is 10.1 Å². The number of nitrogens with one attached hydrogen (secondary N) is 1. The molecule has 1 aromatic rings. The average Bonchev–Trinajstić information content (AvgIpc) is 2.18. The molecule has 1 aliphatic rings.